The van der Waals surface area contributed by atoms with Gasteiger partial charge in [0.2, 0.25) is 0 Å². The monoisotopic (exact) mass is 306 g/mol. The number of hydrogen-bond donors (Lipinski definition) is 1. The third-order valence-electron chi connectivity index (χ3n) is 2.68. The van der Waals surface area contributed by atoms with Crippen LogP contribution in [0.1, 0.15) is 16.1 Å². The number of carbonyl (C=O) groups is 2. The minimum atomic E-state index is -0.367. The van der Waals surface area contributed by atoms with Gasteiger partial charge in [0.05, 0.1) is 26.3 Å². The van der Waals surface area contributed by atoms with Gasteiger partial charge in [-0.1, -0.05) is 0 Å². The van der Waals surface area contributed by atoms with Crippen LogP contribution >= 0.6 is 11.3 Å². The Morgan fingerprint density at radius 2 is 1.95 bits per heavy atom. The number of esters is 1. The van der Waals surface area contributed by atoms with E-state index in [-0.39, 0.29) is 18.3 Å². The molecule has 0 saturated carbocycles. The summed E-state index contributed by atoms with van der Waals surface area (Å²) in [6.45, 7) is 0. The lowest BCUT2D eigenvalue weighted by Crippen LogP contribution is -2.12. The number of benzene rings is 1. The quantitative estimate of drug-likeness (QED) is 0.856. The van der Waals surface area contributed by atoms with Gasteiger partial charge in [-0.05, 0) is 24.3 Å². The molecule has 7 heteroatoms. The molecule has 110 valence electrons. The molecule has 6 nitrogen and oxygen atoms in total. The highest BCUT2D eigenvalue weighted by Gasteiger charge is 2.11. The van der Waals surface area contributed by atoms with Crippen LogP contribution in [0.5, 0.6) is 5.75 Å². The molecule has 0 fully saturated rings. The predicted molar refractivity (Wildman–Crippen MR) is 78.8 cm³/mol. The van der Waals surface area contributed by atoms with Crippen molar-refractivity contribution >= 4 is 28.3 Å². The maximum Gasteiger partial charge on any atom is 0.311 e. The topological polar surface area (TPSA) is 77.5 Å². The van der Waals surface area contributed by atoms with E-state index >= 15 is 0 Å². The molecule has 0 saturated heterocycles. The Labute approximate surface area is 125 Å². The Morgan fingerprint density at radius 1 is 1.24 bits per heavy atom. The molecule has 1 N–H and O–H groups in total. The molecule has 1 aromatic heterocycles. The third-order valence-corrected chi connectivity index (χ3v) is 3.48. The second-order valence-corrected chi connectivity index (χ2v) is 4.94. The molecule has 1 aromatic carbocycles. The van der Waals surface area contributed by atoms with Crippen LogP contribution in [0.2, 0.25) is 0 Å². The first-order valence-electron chi connectivity index (χ1n) is 6.09. The van der Waals surface area contributed by atoms with Crippen molar-refractivity contribution in [3.8, 4) is 5.75 Å². The van der Waals surface area contributed by atoms with Gasteiger partial charge in [-0.3, -0.25) is 14.9 Å². The first-order valence-corrected chi connectivity index (χ1v) is 6.97. The Morgan fingerprint density at radius 3 is 2.57 bits per heavy atom. The van der Waals surface area contributed by atoms with Gasteiger partial charge in [0.25, 0.3) is 5.91 Å². The van der Waals surface area contributed by atoms with E-state index in [9.17, 15) is 9.59 Å². The molecule has 0 aliphatic heterocycles. The predicted octanol–water partition coefficient (Wildman–Crippen LogP) is 2.12. The summed E-state index contributed by atoms with van der Waals surface area (Å²) in [6.07, 6.45) is 0.0887. The van der Waals surface area contributed by atoms with Crippen LogP contribution in [0.3, 0.4) is 0 Å². The van der Waals surface area contributed by atoms with E-state index in [4.69, 9.17) is 4.74 Å². The van der Waals surface area contributed by atoms with Gasteiger partial charge in [-0.25, -0.2) is 4.98 Å². The van der Waals surface area contributed by atoms with E-state index in [1.165, 1.54) is 18.4 Å². The number of aromatic nitrogens is 1. The fourth-order valence-corrected chi connectivity index (χ4v) is 2.28. The zero-order valence-electron chi connectivity index (χ0n) is 11.6. The van der Waals surface area contributed by atoms with Crippen molar-refractivity contribution in [2.24, 2.45) is 0 Å². The number of nitrogens with zero attached hydrogens (tertiary/aromatic N) is 1. The van der Waals surface area contributed by atoms with Crippen LogP contribution in [0.25, 0.3) is 0 Å². The third kappa shape index (κ3) is 4.03. The second kappa shape index (κ2) is 6.85. The fourth-order valence-electron chi connectivity index (χ4n) is 1.58. The zero-order chi connectivity index (χ0) is 15.2. The molecule has 0 spiro atoms. The lowest BCUT2D eigenvalue weighted by molar-refractivity contribution is -0.139. The van der Waals surface area contributed by atoms with Crippen LogP contribution in [-0.4, -0.2) is 31.1 Å². The molecule has 21 heavy (non-hydrogen) atoms. The van der Waals surface area contributed by atoms with Crippen LogP contribution in [-0.2, 0) is 16.0 Å². The number of carbonyl (C=O) groups excluding carboxylic acids is 2. The van der Waals surface area contributed by atoms with Crippen molar-refractivity contribution in [2.75, 3.05) is 19.5 Å². The minimum Gasteiger partial charge on any atom is -0.497 e. The Hall–Kier alpha value is -2.41. The average Bonchev–Trinajstić information content (AvgIpc) is 2.94. The van der Waals surface area contributed by atoms with Crippen LogP contribution in [0.4, 0.5) is 5.13 Å². The van der Waals surface area contributed by atoms with Gasteiger partial charge in [0.15, 0.2) is 5.13 Å². The van der Waals surface area contributed by atoms with E-state index in [2.05, 4.69) is 15.0 Å². The first-order chi connectivity index (χ1) is 10.1. The number of methoxy groups -OCH3 is 2. The van der Waals surface area contributed by atoms with Gasteiger partial charge in [-0.2, -0.15) is 0 Å². The zero-order valence-corrected chi connectivity index (χ0v) is 12.4. The SMILES string of the molecule is COC(=O)Cc1csc(NC(=O)c2ccc(OC)cc2)n1. The molecule has 0 aliphatic rings. The Balaban J connectivity index is 2.00. The van der Waals surface area contributed by atoms with E-state index in [0.29, 0.717) is 22.1 Å². The van der Waals surface area contributed by atoms with E-state index in [1.807, 2.05) is 0 Å². The van der Waals surface area contributed by atoms with E-state index in [0.717, 1.165) is 0 Å². The van der Waals surface area contributed by atoms with Gasteiger partial charge in [0.1, 0.15) is 5.75 Å². The summed E-state index contributed by atoms with van der Waals surface area (Å²) in [5.41, 5.74) is 1.07. The summed E-state index contributed by atoms with van der Waals surface area (Å²) in [5.74, 6) is 0.0473. The standard InChI is InChI=1S/C14H14N2O4S/c1-19-11-5-3-9(4-6-11)13(18)16-14-15-10(8-21-14)7-12(17)20-2/h3-6,8H,7H2,1-2H3,(H,15,16,18). The van der Waals surface area contributed by atoms with Crippen molar-refractivity contribution in [1.82, 2.24) is 4.98 Å². The molecule has 1 heterocycles. The summed E-state index contributed by atoms with van der Waals surface area (Å²) in [5, 5.41) is 4.83. The van der Waals surface area contributed by atoms with Crippen LogP contribution in [0, 0.1) is 0 Å². The molecule has 0 unspecified atom stereocenters. The number of hydrogen-bond acceptors (Lipinski definition) is 6. The number of thiazole rings is 1. The summed E-state index contributed by atoms with van der Waals surface area (Å²) in [4.78, 5) is 27.3. The summed E-state index contributed by atoms with van der Waals surface area (Å²) in [7, 11) is 2.88. The molecule has 0 atom stereocenters. The highest BCUT2D eigenvalue weighted by atomic mass is 32.1. The van der Waals surface area contributed by atoms with Crippen molar-refractivity contribution in [1.29, 1.82) is 0 Å². The Kier molecular flexibility index (Phi) is 4.89. The average molecular weight is 306 g/mol. The fraction of sp³-hybridized carbons (Fsp3) is 0.214. The number of ether oxygens (including phenoxy) is 2. The van der Waals surface area contributed by atoms with Crippen molar-refractivity contribution in [3.05, 3.63) is 40.9 Å². The maximum absolute atomic E-state index is 12.0. The highest BCUT2D eigenvalue weighted by Crippen LogP contribution is 2.18. The summed E-state index contributed by atoms with van der Waals surface area (Å²) >= 11 is 1.26. The normalized spacial score (nSPS) is 10.0. The lowest BCUT2D eigenvalue weighted by atomic mass is 10.2. The minimum absolute atomic E-state index is 0.0887. The second-order valence-electron chi connectivity index (χ2n) is 4.08. The van der Waals surface area contributed by atoms with E-state index < -0.39 is 0 Å². The molecule has 0 aliphatic carbocycles. The summed E-state index contributed by atoms with van der Waals surface area (Å²) < 4.78 is 9.59. The number of anilines is 1. The molecule has 2 rings (SSSR count). The van der Waals surface area contributed by atoms with Gasteiger partial charge in [-0.15, -0.1) is 11.3 Å². The molecule has 1 amide bonds. The number of nitrogens with one attached hydrogen (secondary N) is 1. The number of amides is 1. The Bertz CT molecular complexity index is 637. The first kappa shape index (κ1) is 15.0. The van der Waals surface area contributed by atoms with Crippen molar-refractivity contribution in [2.45, 2.75) is 6.42 Å². The van der Waals surface area contributed by atoms with Crippen LogP contribution in [0.15, 0.2) is 29.6 Å². The highest BCUT2D eigenvalue weighted by molar-refractivity contribution is 7.14. The molecule has 2 aromatic rings. The van der Waals surface area contributed by atoms with E-state index in [1.54, 1.807) is 36.8 Å². The lowest BCUT2D eigenvalue weighted by Gasteiger charge is -2.03. The molecule has 0 radical (unpaired) electrons. The van der Waals surface area contributed by atoms with Gasteiger partial charge < -0.3 is 9.47 Å². The summed E-state index contributed by atoms with van der Waals surface area (Å²) in [6, 6.07) is 6.74. The largest absolute Gasteiger partial charge is 0.497 e. The maximum atomic E-state index is 12.0. The van der Waals surface area contributed by atoms with Gasteiger partial charge >= 0.3 is 5.97 Å². The van der Waals surface area contributed by atoms with Crippen molar-refractivity contribution < 1.29 is 19.1 Å². The molecule has 0 bridgehead atoms. The van der Waals surface area contributed by atoms with Crippen LogP contribution < -0.4 is 10.1 Å². The molecular formula is C14H14N2O4S. The van der Waals surface area contributed by atoms with Gasteiger partial charge in [0, 0.05) is 10.9 Å². The van der Waals surface area contributed by atoms with Crippen molar-refractivity contribution in [3.63, 3.8) is 0 Å². The molecular weight excluding hydrogens is 292 g/mol. The number of rotatable bonds is 5. The smallest absolute Gasteiger partial charge is 0.311 e.